The van der Waals surface area contributed by atoms with Crippen molar-refractivity contribution in [2.24, 2.45) is 4.99 Å². The van der Waals surface area contributed by atoms with Crippen molar-refractivity contribution in [2.45, 2.75) is 13.5 Å². The van der Waals surface area contributed by atoms with Crippen molar-refractivity contribution < 1.29 is 9.47 Å². The van der Waals surface area contributed by atoms with E-state index < -0.39 is 0 Å². The molecule has 3 rings (SSSR count). The molecule has 0 heterocycles. The van der Waals surface area contributed by atoms with Gasteiger partial charge in [-0.05, 0) is 75.9 Å². The van der Waals surface area contributed by atoms with E-state index in [4.69, 9.17) is 32.7 Å². The van der Waals surface area contributed by atoms with Gasteiger partial charge in [0, 0.05) is 16.3 Å². The normalized spacial score (nSPS) is 11.0. The fourth-order valence-electron chi connectivity index (χ4n) is 2.55. The zero-order valence-corrected chi connectivity index (χ0v) is 18.5. The zero-order valence-electron chi connectivity index (χ0n) is 15.4. The van der Waals surface area contributed by atoms with E-state index >= 15 is 0 Å². The Morgan fingerprint density at radius 2 is 1.89 bits per heavy atom. The lowest BCUT2D eigenvalue weighted by Crippen LogP contribution is -1.99. The van der Waals surface area contributed by atoms with Gasteiger partial charge in [-0.2, -0.15) is 0 Å². The van der Waals surface area contributed by atoms with E-state index in [1.165, 1.54) is 0 Å². The molecule has 3 nitrogen and oxygen atoms in total. The molecule has 0 amide bonds. The summed E-state index contributed by atoms with van der Waals surface area (Å²) in [7, 11) is 1.61. The molecule has 6 heteroatoms. The maximum Gasteiger partial charge on any atom is 0.175 e. The molecule has 144 valence electrons. The molecule has 0 N–H and O–H groups in total. The average molecular weight is 479 g/mol. The fraction of sp³-hybridized carbons (Fsp3) is 0.136. The molecule has 0 bridgehead atoms. The summed E-state index contributed by atoms with van der Waals surface area (Å²) in [5.74, 6) is 1.23. The van der Waals surface area contributed by atoms with Gasteiger partial charge in [0.1, 0.15) is 6.61 Å². The van der Waals surface area contributed by atoms with Gasteiger partial charge in [-0.3, -0.25) is 4.99 Å². The van der Waals surface area contributed by atoms with Crippen LogP contribution in [0.15, 0.2) is 64.1 Å². The quantitative estimate of drug-likeness (QED) is 0.345. The van der Waals surface area contributed by atoms with Crippen LogP contribution in [-0.2, 0) is 6.61 Å². The molecule has 0 spiro atoms. The third kappa shape index (κ3) is 5.28. The van der Waals surface area contributed by atoms with Gasteiger partial charge in [0.2, 0.25) is 0 Å². The van der Waals surface area contributed by atoms with Crippen LogP contribution in [0.1, 0.15) is 16.7 Å². The minimum absolute atomic E-state index is 0.380. The molecule has 3 aromatic carbocycles. The molecule has 0 saturated heterocycles. The summed E-state index contributed by atoms with van der Waals surface area (Å²) in [4.78, 5) is 4.49. The number of benzene rings is 3. The van der Waals surface area contributed by atoms with E-state index in [0.29, 0.717) is 28.2 Å². The number of aryl methyl sites for hydroxylation is 1. The van der Waals surface area contributed by atoms with E-state index in [1.807, 2.05) is 61.5 Å². The first-order valence-corrected chi connectivity index (χ1v) is 10.1. The molecule has 0 radical (unpaired) electrons. The minimum Gasteiger partial charge on any atom is -0.493 e. The SMILES string of the molecule is COc1cc(C=Nc2ccc(C)c(Cl)c2)cc(Br)c1OCc1cccc(Cl)c1. The molecule has 0 atom stereocenters. The number of rotatable bonds is 6. The van der Waals surface area contributed by atoms with Gasteiger partial charge in [-0.25, -0.2) is 0 Å². The van der Waals surface area contributed by atoms with Crippen LogP contribution >= 0.6 is 39.1 Å². The fourth-order valence-corrected chi connectivity index (χ4v) is 3.51. The van der Waals surface area contributed by atoms with Gasteiger partial charge in [0.25, 0.3) is 0 Å². The average Bonchev–Trinajstić information content (AvgIpc) is 2.67. The van der Waals surface area contributed by atoms with Crippen molar-refractivity contribution in [1.82, 2.24) is 0 Å². The predicted octanol–water partition coefficient (Wildman–Crippen LogP) is 7.40. The van der Waals surface area contributed by atoms with Crippen molar-refractivity contribution in [1.29, 1.82) is 0 Å². The van der Waals surface area contributed by atoms with E-state index in [2.05, 4.69) is 20.9 Å². The van der Waals surface area contributed by atoms with Crippen molar-refractivity contribution in [3.63, 3.8) is 0 Å². The van der Waals surface area contributed by atoms with Crippen LogP contribution < -0.4 is 9.47 Å². The van der Waals surface area contributed by atoms with Crippen LogP contribution in [0.2, 0.25) is 10.0 Å². The maximum absolute atomic E-state index is 6.16. The Bertz CT molecular complexity index is 1020. The zero-order chi connectivity index (χ0) is 20.1. The number of aliphatic imine (C=N–C) groups is 1. The molecule has 28 heavy (non-hydrogen) atoms. The van der Waals surface area contributed by atoms with Crippen molar-refractivity contribution in [3.05, 3.63) is 85.8 Å². The predicted molar refractivity (Wildman–Crippen MR) is 120 cm³/mol. The van der Waals surface area contributed by atoms with Gasteiger partial charge >= 0.3 is 0 Å². The van der Waals surface area contributed by atoms with Crippen molar-refractivity contribution in [3.8, 4) is 11.5 Å². The molecule has 0 fully saturated rings. The molecular weight excluding hydrogens is 461 g/mol. The highest BCUT2D eigenvalue weighted by molar-refractivity contribution is 9.10. The Morgan fingerprint density at radius 3 is 2.61 bits per heavy atom. The second-order valence-corrected chi connectivity index (χ2v) is 7.84. The Labute approximate surface area is 183 Å². The van der Waals surface area contributed by atoms with Crippen LogP contribution in [0.5, 0.6) is 11.5 Å². The van der Waals surface area contributed by atoms with Crippen LogP contribution in [-0.4, -0.2) is 13.3 Å². The van der Waals surface area contributed by atoms with Crippen LogP contribution in [0.4, 0.5) is 5.69 Å². The number of hydrogen-bond donors (Lipinski definition) is 0. The molecule has 0 unspecified atom stereocenters. The Hall–Kier alpha value is -2.01. The van der Waals surface area contributed by atoms with Crippen LogP contribution in [0, 0.1) is 6.92 Å². The van der Waals surface area contributed by atoms with E-state index in [9.17, 15) is 0 Å². The van der Waals surface area contributed by atoms with E-state index in [-0.39, 0.29) is 0 Å². The number of halogens is 3. The third-order valence-corrected chi connectivity index (χ3v) is 5.27. The highest BCUT2D eigenvalue weighted by Crippen LogP contribution is 2.37. The topological polar surface area (TPSA) is 30.8 Å². The third-order valence-electron chi connectivity index (χ3n) is 4.04. The van der Waals surface area contributed by atoms with Crippen molar-refractivity contribution >= 4 is 51.0 Å². The second kappa shape index (κ2) is 9.46. The van der Waals surface area contributed by atoms with Crippen LogP contribution in [0.25, 0.3) is 0 Å². The second-order valence-electron chi connectivity index (χ2n) is 6.14. The first-order chi connectivity index (χ1) is 13.5. The summed E-state index contributed by atoms with van der Waals surface area (Å²) in [6.07, 6.45) is 1.76. The minimum atomic E-state index is 0.380. The molecule has 0 aromatic heterocycles. The summed E-state index contributed by atoms with van der Waals surface area (Å²) in [5, 5.41) is 1.37. The lowest BCUT2D eigenvalue weighted by molar-refractivity contribution is 0.282. The first kappa shape index (κ1) is 20.7. The van der Waals surface area contributed by atoms with E-state index in [0.717, 1.165) is 26.9 Å². The lowest BCUT2D eigenvalue weighted by Gasteiger charge is -2.13. The number of ether oxygens (including phenoxy) is 2. The summed E-state index contributed by atoms with van der Waals surface area (Å²) in [6, 6.07) is 17.1. The Balaban J connectivity index is 1.80. The van der Waals surface area contributed by atoms with Gasteiger partial charge in [0.15, 0.2) is 11.5 Å². The lowest BCUT2D eigenvalue weighted by atomic mass is 10.2. The van der Waals surface area contributed by atoms with E-state index in [1.54, 1.807) is 13.3 Å². The van der Waals surface area contributed by atoms with Gasteiger partial charge in [-0.15, -0.1) is 0 Å². The van der Waals surface area contributed by atoms with Crippen LogP contribution in [0.3, 0.4) is 0 Å². The highest BCUT2D eigenvalue weighted by atomic mass is 79.9. The summed E-state index contributed by atoms with van der Waals surface area (Å²) >= 11 is 15.7. The monoisotopic (exact) mass is 477 g/mol. The summed E-state index contributed by atoms with van der Waals surface area (Å²) in [6.45, 7) is 2.34. The highest BCUT2D eigenvalue weighted by Gasteiger charge is 2.12. The van der Waals surface area contributed by atoms with Crippen molar-refractivity contribution in [2.75, 3.05) is 7.11 Å². The standard InChI is InChI=1S/C22H18BrCl2NO2/c1-14-6-7-18(11-20(14)25)26-12-16-9-19(23)22(21(10-16)27-2)28-13-15-4-3-5-17(24)8-15/h3-12H,13H2,1-2H3. The number of hydrogen-bond acceptors (Lipinski definition) is 3. The summed E-state index contributed by atoms with van der Waals surface area (Å²) < 4.78 is 12.2. The van der Waals surface area contributed by atoms with Gasteiger partial charge in [0.05, 0.1) is 17.3 Å². The Morgan fingerprint density at radius 1 is 1.07 bits per heavy atom. The van der Waals surface area contributed by atoms with Gasteiger partial charge < -0.3 is 9.47 Å². The largest absolute Gasteiger partial charge is 0.493 e. The number of nitrogens with zero attached hydrogens (tertiary/aromatic N) is 1. The summed E-state index contributed by atoms with van der Waals surface area (Å²) in [5.41, 5.74) is 3.65. The maximum atomic E-state index is 6.16. The Kier molecular flexibility index (Phi) is 7.00. The van der Waals surface area contributed by atoms with Gasteiger partial charge in [-0.1, -0.05) is 41.4 Å². The molecule has 0 aliphatic rings. The molecule has 3 aromatic rings. The number of methoxy groups -OCH3 is 1. The molecule has 0 saturated carbocycles. The first-order valence-electron chi connectivity index (χ1n) is 8.51. The smallest absolute Gasteiger partial charge is 0.175 e. The molecule has 0 aliphatic heterocycles. The molecule has 0 aliphatic carbocycles. The molecular formula is C22H18BrCl2NO2.